The lowest BCUT2D eigenvalue weighted by atomic mass is 10.1. The number of aliphatic carboxylic acids is 2. The van der Waals surface area contributed by atoms with Crippen LogP contribution < -0.4 is 27.4 Å². The van der Waals surface area contributed by atoms with Crippen molar-refractivity contribution in [3.63, 3.8) is 0 Å². The van der Waals surface area contributed by atoms with Crippen LogP contribution >= 0.6 is 0 Å². The number of carbonyl (C=O) groups excluding carboxylic acids is 3. The Balaban J connectivity index is 2.15. The van der Waals surface area contributed by atoms with Crippen molar-refractivity contribution >= 4 is 29.7 Å². The van der Waals surface area contributed by atoms with Gasteiger partial charge in [-0.15, -0.1) is 0 Å². The first kappa shape index (κ1) is 29.9. The van der Waals surface area contributed by atoms with Crippen molar-refractivity contribution in [2.75, 3.05) is 6.54 Å². The molecule has 0 aliphatic heterocycles. The molecule has 0 saturated carbocycles. The molecule has 0 fully saturated rings. The Labute approximate surface area is 217 Å². The Bertz CT molecular complexity index is 1060. The topological polar surface area (TPSA) is 271 Å². The summed E-state index contributed by atoms with van der Waals surface area (Å²) < 4.78 is 0. The van der Waals surface area contributed by atoms with Gasteiger partial charge in [-0.25, -0.2) is 14.8 Å². The fraction of sp³-hybridized carbons (Fsp3) is 0.500. The molecule has 4 atom stereocenters. The minimum absolute atomic E-state index is 0.0634. The van der Waals surface area contributed by atoms with Crippen LogP contribution in [0.25, 0.3) is 0 Å². The lowest BCUT2D eigenvalue weighted by Gasteiger charge is -2.24. The molecule has 0 radical (unpaired) electrons. The van der Waals surface area contributed by atoms with Crippen molar-refractivity contribution in [2.24, 2.45) is 11.5 Å². The first-order valence-corrected chi connectivity index (χ1v) is 11.9. The van der Waals surface area contributed by atoms with E-state index in [0.717, 1.165) is 0 Å². The van der Waals surface area contributed by atoms with Crippen molar-refractivity contribution in [1.82, 2.24) is 35.9 Å². The Kier molecular flexibility index (Phi) is 11.9. The standard InChI is InChI=1S/C22H33N9O7/c23-4-2-1-3-14(24)19(34)29-15(5-12-8-25-10-27-12)20(35)30-16(7-18(32)33)21(36)31-17(22(37)38)6-13-9-26-11-28-13/h8-11,14-17H,1-7,23-24H2,(H,25,27)(H,26,28)(H,29,34)(H,30,35)(H,31,36)(H,32,33)(H,37,38). The first-order chi connectivity index (χ1) is 18.1. The molecule has 2 aromatic heterocycles. The maximum absolute atomic E-state index is 13.1. The van der Waals surface area contributed by atoms with Gasteiger partial charge in [-0.3, -0.25) is 19.2 Å². The largest absolute Gasteiger partial charge is 0.481 e. The van der Waals surface area contributed by atoms with Gasteiger partial charge < -0.3 is 47.6 Å². The molecule has 0 spiro atoms. The summed E-state index contributed by atoms with van der Waals surface area (Å²) in [6.07, 6.45) is 6.06. The molecule has 2 aromatic rings. The van der Waals surface area contributed by atoms with Gasteiger partial charge in [0.05, 0.1) is 25.1 Å². The van der Waals surface area contributed by atoms with Gasteiger partial charge in [0.15, 0.2) is 0 Å². The molecule has 0 aliphatic carbocycles. The summed E-state index contributed by atoms with van der Waals surface area (Å²) in [4.78, 5) is 74.9. The molecule has 2 rings (SSSR count). The van der Waals surface area contributed by atoms with Gasteiger partial charge in [0.1, 0.15) is 18.1 Å². The molecule has 0 bridgehead atoms. The maximum Gasteiger partial charge on any atom is 0.326 e. The van der Waals surface area contributed by atoms with Crippen LogP contribution in [0.3, 0.4) is 0 Å². The number of aromatic nitrogens is 4. The third kappa shape index (κ3) is 9.98. The van der Waals surface area contributed by atoms with Crippen LogP contribution in [0, 0.1) is 0 Å². The van der Waals surface area contributed by atoms with Gasteiger partial charge in [0.2, 0.25) is 17.7 Å². The van der Waals surface area contributed by atoms with Gasteiger partial charge in [0, 0.05) is 36.6 Å². The van der Waals surface area contributed by atoms with Crippen molar-refractivity contribution in [1.29, 1.82) is 0 Å². The number of carboxylic acid groups (broad SMARTS) is 2. The molecule has 0 aliphatic rings. The second-order valence-electron chi connectivity index (χ2n) is 8.57. The summed E-state index contributed by atoms with van der Waals surface area (Å²) in [5, 5.41) is 25.9. The Morgan fingerprint density at radius 1 is 0.816 bits per heavy atom. The smallest absolute Gasteiger partial charge is 0.326 e. The quantitative estimate of drug-likeness (QED) is 0.0946. The van der Waals surface area contributed by atoms with Crippen molar-refractivity contribution in [2.45, 2.75) is 62.7 Å². The van der Waals surface area contributed by atoms with E-state index in [9.17, 15) is 34.2 Å². The highest BCUT2D eigenvalue weighted by Gasteiger charge is 2.32. The number of nitrogens with one attached hydrogen (secondary N) is 5. The molecule has 16 nitrogen and oxygen atoms in total. The first-order valence-electron chi connectivity index (χ1n) is 11.9. The van der Waals surface area contributed by atoms with Crippen LogP contribution in [0.2, 0.25) is 0 Å². The summed E-state index contributed by atoms with van der Waals surface area (Å²) in [5.41, 5.74) is 12.3. The molecule has 0 saturated heterocycles. The second-order valence-corrected chi connectivity index (χ2v) is 8.57. The van der Waals surface area contributed by atoms with Crippen LogP contribution in [-0.4, -0.2) is 90.5 Å². The van der Waals surface area contributed by atoms with Crippen LogP contribution in [0.15, 0.2) is 25.0 Å². The molecule has 38 heavy (non-hydrogen) atoms. The van der Waals surface area contributed by atoms with E-state index in [-0.39, 0.29) is 12.8 Å². The number of nitrogens with two attached hydrogens (primary N) is 2. The molecule has 11 N–H and O–H groups in total. The molecule has 16 heteroatoms. The number of H-pyrrole nitrogens is 2. The van der Waals surface area contributed by atoms with Crippen LogP contribution in [0.1, 0.15) is 37.1 Å². The second kappa shape index (κ2) is 15.1. The number of aromatic amines is 2. The zero-order valence-corrected chi connectivity index (χ0v) is 20.6. The fourth-order valence-electron chi connectivity index (χ4n) is 3.49. The van der Waals surface area contributed by atoms with Crippen molar-refractivity contribution < 1.29 is 34.2 Å². The maximum atomic E-state index is 13.1. The molecular weight excluding hydrogens is 502 g/mol. The van der Waals surface area contributed by atoms with Crippen molar-refractivity contribution in [3.8, 4) is 0 Å². The van der Waals surface area contributed by atoms with Crippen molar-refractivity contribution in [3.05, 3.63) is 36.4 Å². The van der Waals surface area contributed by atoms with E-state index in [2.05, 4.69) is 35.9 Å². The van der Waals surface area contributed by atoms with Gasteiger partial charge >= 0.3 is 11.9 Å². The Morgan fingerprint density at radius 3 is 1.84 bits per heavy atom. The number of imidazole rings is 2. The number of hydrogen-bond acceptors (Lipinski definition) is 9. The molecule has 208 valence electrons. The van der Waals surface area contributed by atoms with Crippen LogP contribution in [-0.2, 0) is 36.8 Å². The summed E-state index contributed by atoms with van der Waals surface area (Å²) in [6.45, 7) is 0.441. The average Bonchev–Trinajstić information content (AvgIpc) is 3.56. The lowest BCUT2D eigenvalue weighted by molar-refractivity contribution is -0.143. The predicted molar refractivity (Wildman–Crippen MR) is 131 cm³/mol. The van der Waals surface area contributed by atoms with Crippen LogP contribution in [0.4, 0.5) is 0 Å². The lowest BCUT2D eigenvalue weighted by Crippen LogP contribution is -2.58. The zero-order valence-electron chi connectivity index (χ0n) is 20.6. The van der Waals surface area contributed by atoms with Gasteiger partial charge in [-0.2, -0.15) is 0 Å². The number of rotatable bonds is 17. The highest BCUT2D eigenvalue weighted by atomic mass is 16.4. The van der Waals surface area contributed by atoms with Crippen LogP contribution in [0.5, 0.6) is 0 Å². The molecule has 2 heterocycles. The SMILES string of the molecule is NCCCCC(N)C(=O)NC(Cc1cnc[nH]1)C(=O)NC(CC(=O)O)C(=O)NC(Cc1cnc[nH]1)C(=O)O. The average molecular weight is 536 g/mol. The van der Waals surface area contributed by atoms with Gasteiger partial charge in [-0.05, 0) is 19.4 Å². The van der Waals surface area contributed by atoms with Gasteiger partial charge in [0.25, 0.3) is 0 Å². The minimum atomic E-state index is -1.64. The Morgan fingerprint density at radius 2 is 1.34 bits per heavy atom. The number of amides is 3. The summed E-state index contributed by atoms with van der Waals surface area (Å²) in [5.74, 6) is -5.31. The molecule has 3 amide bonds. The normalized spacial score (nSPS) is 14.1. The summed E-state index contributed by atoms with van der Waals surface area (Å²) in [6, 6.07) is -5.23. The number of carbonyl (C=O) groups is 5. The number of unbranched alkanes of at least 4 members (excludes halogenated alkanes) is 1. The monoisotopic (exact) mass is 535 g/mol. The molecule has 4 unspecified atom stereocenters. The number of hydrogen-bond donors (Lipinski definition) is 9. The predicted octanol–water partition coefficient (Wildman–Crippen LogP) is -2.61. The number of carboxylic acids is 2. The van der Waals surface area contributed by atoms with E-state index < -0.39 is 60.2 Å². The summed E-state index contributed by atoms with van der Waals surface area (Å²) in [7, 11) is 0. The van der Waals surface area contributed by atoms with E-state index >= 15 is 0 Å². The van der Waals surface area contributed by atoms with E-state index in [4.69, 9.17) is 11.5 Å². The third-order valence-corrected chi connectivity index (χ3v) is 5.52. The van der Waals surface area contributed by atoms with E-state index in [1.54, 1.807) is 0 Å². The fourth-order valence-corrected chi connectivity index (χ4v) is 3.49. The zero-order chi connectivity index (χ0) is 28.1. The minimum Gasteiger partial charge on any atom is -0.481 e. The van der Waals surface area contributed by atoms with E-state index in [1.807, 2.05) is 0 Å². The summed E-state index contributed by atoms with van der Waals surface area (Å²) >= 11 is 0. The Hall–Kier alpha value is -4.31. The highest BCUT2D eigenvalue weighted by molar-refractivity contribution is 5.95. The highest BCUT2D eigenvalue weighted by Crippen LogP contribution is 2.05. The van der Waals surface area contributed by atoms with Gasteiger partial charge in [-0.1, -0.05) is 6.42 Å². The van der Waals surface area contributed by atoms with E-state index in [0.29, 0.717) is 37.2 Å². The third-order valence-electron chi connectivity index (χ3n) is 5.52. The molecule has 0 aromatic carbocycles. The number of nitrogens with zero attached hydrogens (tertiary/aromatic N) is 2. The van der Waals surface area contributed by atoms with E-state index in [1.165, 1.54) is 25.0 Å². The molecular formula is C22H33N9O7.